The van der Waals surface area contributed by atoms with Gasteiger partial charge in [0.15, 0.2) is 0 Å². The lowest BCUT2D eigenvalue weighted by Crippen LogP contribution is -2.35. The number of hydrogen-bond acceptors (Lipinski definition) is 5. The predicted molar refractivity (Wildman–Crippen MR) is 78.3 cm³/mol. The maximum atomic E-state index is 6.17. The second-order valence-electron chi connectivity index (χ2n) is 4.42. The topological polar surface area (TPSA) is 70.8 Å². The van der Waals surface area contributed by atoms with Crippen molar-refractivity contribution in [2.24, 2.45) is 5.73 Å². The van der Waals surface area contributed by atoms with E-state index >= 15 is 0 Å². The molecule has 1 unspecified atom stereocenters. The van der Waals surface area contributed by atoms with Gasteiger partial charge in [-0.25, -0.2) is 4.98 Å². The molecule has 6 heteroatoms. The largest absolute Gasteiger partial charge is 0.302 e. The van der Waals surface area contributed by atoms with Crippen molar-refractivity contribution in [3.63, 3.8) is 0 Å². The quantitative estimate of drug-likeness (QED) is 0.878. The van der Waals surface area contributed by atoms with Gasteiger partial charge in [0.2, 0.25) is 0 Å². The van der Waals surface area contributed by atoms with Gasteiger partial charge in [0.1, 0.15) is 11.3 Å². The molecule has 3 N–H and O–H groups in total. The van der Waals surface area contributed by atoms with E-state index in [1.165, 1.54) is 0 Å². The van der Waals surface area contributed by atoms with E-state index in [0.717, 1.165) is 28.5 Å². The highest BCUT2D eigenvalue weighted by atomic mass is 32.2. The molecular weight excluding hydrogens is 258 g/mol. The number of nitrogens with one attached hydrogen (secondary N) is 1. The molecule has 19 heavy (non-hydrogen) atoms. The van der Waals surface area contributed by atoms with Gasteiger partial charge < -0.3 is 5.73 Å². The molecule has 98 valence electrons. The van der Waals surface area contributed by atoms with Crippen LogP contribution >= 0.6 is 11.8 Å². The van der Waals surface area contributed by atoms with E-state index in [-0.39, 0.29) is 5.50 Å². The highest BCUT2D eigenvalue weighted by Crippen LogP contribution is 2.38. The fraction of sp³-hybridized carbons (Fsp3) is 0.231. The number of hydrogen-bond donors (Lipinski definition) is 2. The Bertz CT molecular complexity index is 633. The number of aryl methyl sites for hydroxylation is 2. The minimum absolute atomic E-state index is 0.154. The number of nitrogens with two attached hydrogens (primary N) is 1. The van der Waals surface area contributed by atoms with Crippen molar-refractivity contribution in [3.8, 4) is 0 Å². The van der Waals surface area contributed by atoms with E-state index in [9.17, 15) is 0 Å². The summed E-state index contributed by atoms with van der Waals surface area (Å²) in [5.41, 5.74) is 10.1. The van der Waals surface area contributed by atoms with Gasteiger partial charge in [-0.2, -0.15) is 5.10 Å². The van der Waals surface area contributed by atoms with Crippen LogP contribution in [0.2, 0.25) is 0 Å². The number of aromatic nitrogens is 3. The predicted octanol–water partition coefficient (Wildman–Crippen LogP) is 2.22. The van der Waals surface area contributed by atoms with Crippen LogP contribution in [0.15, 0.2) is 29.8 Å². The van der Waals surface area contributed by atoms with Crippen LogP contribution in [0.5, 0.6) is 0 Å². The van der Waals surface area contributed by atoms with Crippen molar-refractivity contribution < 1.29 is 0 Å². The van der Waals surface area contributed by atoms with Crippen LogP contribution in [0.3, 0.4) is 0 Å². The summed E-state index contributed by atoms with van der Waals surface area (Å²) in [6.07, 6.45) is 1.89. The Morgan fingerprint density at radius 1 is 1.37 bits per heavy atom. The zero-order valence-electron chi connectivity index (χ0n) is 10.8. The van der Waals surface area contributed by atoms with E-state index < -0.39 is 0 Å². The van der Waals surface area contributed by atoms with Crippen LogP contribution in [0.25, 0.3) is 5.70 Å². The first-order valence-corrected chi connectivity index (χ1v) is 6.96. The maximum absolute atomic E-state index is 6.17. The van der Waals surface area contributed by atoms with Crippen molar-refractivity contribution in [1.29, 1.82) is 0 Å². The standard InChI is InChI=1S/C13H15N5S/c1-8-4-3-5-12(16-8)18-11(7-19-13(18)14)10-6-15-17-9(10)2/h3-7,13H,14H2,1-2H3,(H,15,17). The fourth-order valence-electron chi connectivity index (χ4n) is 2.12. The summed E-state index contributed by atoms with van der Waals surface area (Å²) in [6, 6.07) is 5.94. The second kappa shape index (κ2) is 4.71. The van der Waals surface area contributed by atoms with E-state index in [1.54, 1.807) is 11.8 Å². The van der Waals surface area contributed by atoms with Gasteiger partial charge in [-0.1, -0.05) is 17.8 Å². The first kappa shape index (κ1) is 12.3. The van der Waals surface area contributed by atoms with Gasteiger partial charge >= 0.3 is 0 Å². The third kappa shape index (κ3) is 2.13. The lowest BCUT2D eigenvalue weighted by Gasteiger charge is -2.25. The number of H-pyrrole nitrogens is 1. The summed E-state index contributed by atoms with van der Waals surface area (Å²) >= 11 is 1.58. The Hall–Kier alpha value is -1.79. The average molecular weight is 273 g/mol. The maximum Gasteiger partial charge on any atom is 0.135 e. The van der Waals surface area contributed by atoms with Gasteiger partial charge in [0.25, 0.3) is 0 Å². The Kier molecular flexibility index (Phi) is 3.04. The summed E-state index contributed by atoms with van der Waals surface area (Å²) in [5, 5.41) is 9.12. The monoisotopic (exact) mass is 273 g/mol. The Balaban J connectivity index is 2.04. The van der Waals surface area contributed by atoms with Crippen LogP contribution in [0.4, 0.5) is 5.82 Å². The molecule has 0 spiro atoms. The number of rotatable bonds is 2. The molecular formula is C13H15N5S. The smallest absolute Gasteiger partial charge is 0.135 e. The molecule has 0 bridgehead atoms. The van der Waals surface area contributed by atoms with E-state index in [1.807, 2.05) is 43.1 Å². The molecule has 0 fully saturated rings. The molecule has 2 aromatic heterocycles. The summed E-state index contributed by atoms with van der Waals surface area (Å²) in [6.45, 7) is 3.95. The van der Waals surface area contributed by atoms with Crippen LogP contribution < -0.4 is 10.6 Å². The lowest BCUT2D eigenvalue weighted by atomic mass is 10.2. The first-order valence-electron chi connectivity index (χ1n) is 6.01. The summed E-state index contributed by atoms with van der Waals surface area (Å²) in [4.78, 5) is 6.59. The molecule has 0 saturated heterocycles. The van der Waals surface area contributed by atoms with Crippen molar-refractivity contribution in [3.05, 3.63) is 46.8 Å². The number of thioether (sulfide) groups is 1. The average Bonchev–Trinajstić information content (AvgIpc) is 2.95. The molecule has 0 aliphatic carbocycles. The van der Waals surface area contributed by atoms with E-state index in [4.69, 9.17) is 5.73 Å². The zero-order valence-corrected chi connectivity index (χ0v) is 11.6. The van der Waals surface area contributed by atoms with Gasteiger partial charge in [0.05, 0.1) is 11.4 Å². The van der Waals surface area contributed by atoms with Crippen LogP contribution in [-0.2, 0) is 0 Å². The summed E-state index contributed by atoms with van der Waals surface area (Å²) < 4.78 is 0. The second-order valence-corrected chi connectivity index (χ2v) is 5.41. The van der Waals surface area contributed by atoms with Crippen molar-refractivity contribution in [2.75, 3.05) is 4.90 Å². The van der Waals surface area contributed by atoms with E-state index in [2.05, 4.69) is 20.6 Å². The summed E-state index contributed by atoms with van der Waals surface area (Å²) in [7, 11) is 0. The third-order valence-corrected chi connectivity index (χ3v) is 3.91. The van der Waals surface area contributed by atoms with Crippen LogP contribution in [-0.4, -0.2) is 20.7 Å². The number of aromatic amines is 1. The minimum atomic E-state index is -0.154. The molecule has 1 atom stereocenters. The number of anilines is 1. The van der Waals surface area contributed by atoms with Crippen LogP contribution in [0, 0.1) is 13.8 Å². The van der Waals surface area contributed by atoms with E-state index in [0.29, 0.717) is 0 Å². The molecule has 0 saturated carbocycles. The van der Waals surface area contributed by atoms with Crippen LogP contribution in [0.1, 0.15) is 17.0 Å². The number of nitrogens with zero attached hydrogens (tertiary/aromatic N) is 3. The molecule has 2 aromatic rings. The zero-order chi connectivity index (χ0) is 13.4. The Morgan fingerprint density at radius 2 is 2.21 bits per heavy atom. The highest BCUT2D eigenvalue weighted by Gasteiger charge is 2.28. The van der Waals surface area contributed by atoms with Crippen molar-refractivity contribution in [1.82, 2.24) is 15.2 Å². The highest BCUT2D eigenvalue weighted by molar-refractivity contribution is 8.03. The summed E-state index contributed by atoms with van der Waals surface area (Å²) in [5.74, 6) is 0.865. The molecule has 0 aromatic carbocycles. The Labute approximate surface area is 115 Å². The van der Waals surface area contributed by atoms with Gasteiger partial charge in [-0.15, -0.1) is 0 Å². The fourth-order valence-corrected chi connectivity index (χ4v) is 2.97. The SMILES string of the molecule is Cc1cccc(N2C(c3c[nH]nc3C)=CSC2N)n1. The molecule has 3 rings (SSSR count). The number of pyridine rings is 1. The van der Waals surface area contributed by atoms with Crippen molar-refractivity contribution >= 4 is 23.3 Å². The first-order chi connectivity index (χ1) is 9.16. The molecule has 1 aliphatic heterocycles. The van der Waals surface area contributed by atoms with Gasteiger partial charge in [-0.3, -0.25) is 10.00 Å². The lowest BCUT2D eigenvalue weighted by molar-refractivity contribution is 0.910. The van der Waals surface area contributed by atoms with Gasteiger partial charge in [-0.05, 0) is 31.4 Å². The molecule has 5 nitrogen and oxygen atoms in total. The molecule has 0 amide bonds. The third-order valence-electron chi connectivity index (χ3n) is 3.06. The Morgan fingerprint density at radius 3 is 2.89 bits per heavy atom. The molecule has 3 heterocycles. The van der Waals surface area contributed by atoms with Gasteiger partial charge in [0, 0.05) is 17.5 Å². The minimum Gasteiger partial charge on any atom is -0.302 e. The molecule has 1 aliphatic rings. The normalized spacial score (nSPS) is 18.8. The molecule has 0 radical (unpaired) electrons. The van der Waals surface area contributed by atoms with Crippen molar-refractivity contribution in [2.45, 2.75) is 19.3 Å².